The predicted molar refractivity (Wildman–Crippen MR) is 81.9 cm³/mol. The van der Waals surface area contributed by atoms with Crippen molar-refractivity contribution in [2.75, 3.05) is 11.9 Å². The van der Waals surface area contributed by atoms with Crippen molar-refractivity contribution >= 4 is 5.69 Å². The van der Waals surface area contributed by atoms with E-state index in [1.807, 2.05) is 0 Å². The summed E-state index contributed by atoms with van der Waals surface area (Å²) >= 11 is 0. The number of rotatable bonds is 5. The first kappa shape index (κ1) is 14.0. The van der Waals surface area contributed by atoms with Gasteiger partial charge in [-0.05, 0) is 69.7 Å². The van der Waals surface area contributed by atoms with Gasteiger partial charge in [-0.2, -0.15) is 0 Å². The van der Waals surface area contributed by atoms with Crippen LogP contribution in [0.25, 0.3) is 0 Å². The van der Waals surface area contributed by atoms with Crippen molar-refractivity contribution in [1.82, 2.24) is 0 Å². The van der Waals surface area contributed by atoms with E-state index in [9.17, 15) is 0 Å². The molecule has 0 spiro atoms. The molecule has 0 bridgehead atoms. The molecule has 1 atom stereocenters. The summed E-state index contributed by atoms with van der Waals surface area (Å²) in [5.74, 6) is 1.73. The molecule has 0 heterocycles. The molecule has 0 amide bonds. The lowest BCUT2D eigenvalue weighted by molar-refractivity contribution is 0.242. The van der Waals surface area contributed by atoms with E-state index in [0.29, 0.717) is 0 Å². The Morgan fingerprint density at radius 3 is 2.79 bits per heavy atom. The van der Waals surface area contributed by atoms with Gasteiger partial charge >= 0.3 is 0 Å². The van der Waals surface area contributed by atoms with Gasteiger partial charge in [0.05, 0.1) is 6.10 Å². The summed E-state index contributed by atoms with van der Waals surface area (Å²) in [6.07, 6.45) is 8.57. The fourth-order valence-electron chi connectivity index (χ4n) is 2.48. The predicted octanol–water partition coefficient (Wildman–Crippen LogP) is 4.55. The van der Waals surface area contributed by atoms with E-state index in [4.69, 9.17) is 4.74 Å². The van der Waals surface area contributed by atoms with E-state index in [1.165, 1.54) is 30.5 Å². The summed E-state index contributed by atoms with van der Waals surface area (Å²) in [6.45, 7) is 7.31. The minimum atomic E-state index is 0.229. The maximum Gasteiger partial charge on any atom is 0.120 e. The second-order valence-electron chi connectivity index (χ2n) is 5.67. The molecular formula is C17H25NO. The molecule has 1 aliphatic rings. The molecule has 0 saturated carbocycles. The Morgan fingerprint density at radius 2 is 2.16 bits per heavy atom. The Bertz CT molecular complexity index is 437. The third-order valence-corrected chi connectivity index (χ3v) is 3.53. The molecule has 2 heteroatoms. The standard InChI is InChI=1S/C17H25NO/c1-13(2)19-16-9-10-17(14(3)11-16)18-12-15-7-5-4-6-8-15/h4-5,9-11,13,15,18H,6-8,12H2,1-3H3. The summed E-state index contributed by atoms with van der Waals surface area (Å²) in [6, 6.07) is 6.30. The van der Waals surface area contributed by atoms with Crippen molar-refractivity contribution in [3.8, 4) is 5.75 Å². The van der Waals surface area contributed by atoms with Crippen LogP contribution in [0.3, 0.4) is 0 Å². The van der Waals surface area contributed by atoms with E-state index >= 15 is 0 Å². The third-order valence-electron chi connectivity index (χ3n) is 3.53. The van der Waals surface area contributed by atoms with Crippen molar-refractivity contribution in [3.63, 3.8) is 0 Å². The first-order valence-electron chi connectivity index (χ1n) is 7.31. The number of anilines is 1. The van der Waals surface area contributed by atoms with Gasteiger partial charge in [0.15, 0.2) is 0 Å². The van der Waals surface area contributed by atoms with Gasteiger partial charge in [0.1, 0.15) is 5.75 Å². The maximum absolute atomic E-state index is 5.71. The van der Waals surface area contributed by atoms with Crippen molar-refractivity contribution < 1.29 is 4.74 Å². The number of ether oxygens (including phenoxy) is 1. The zero-order chi connectivity index (χ0) is 13.7. The summed E-state index contributed by atoms with van der Waals surface area (Å²) in [4.78, 5) is 0. The maximum atomic E-state index is 5.71. The van der Waals surface area contributed by atoms with Crippen molar-refractivity contribution in [1.29, 1.82) is 0 Å². The molecule has 1 unspecified atom stereocenters. The Kier molecular flexibility index (Phi) is 4.89. The van der Waals surface area contributed by atoms with Crippen molar-refractivity contribution in [2.24, 2.45) is 5.92 Å². The van der Waals surface area contributed by atoms with Crippen LogP contribution in [0, 0.1) is 12.8 Å². The monoisotopic (exact) mass is 259 g/mol. The topological polar surface area (TPSA) is 21.3 Å². The molecule has 19 heavy (non-hydrogen) atoms. The van der Waals surface area contributed by atoms with Gasteiger partial charge in [0.25, 0.3) is 0 Å². The van der Waals surface area contributed by atoms with Gasteiger partial charge in [-0.3, -0.25) is 0 Å². The lowest BCUT2D eigenvalue weighted by Crippen LogP contribution is -2.15. The number of allylic oxidation sites excluding steroid dienone is 2. The van der Waals surface area contributed by atoms with E-state index in [2.05, 4.69) is 56.4 Å². The molecule has 0 saturated heterocycles. The van der Waals surface area contributed by atoms with Gasteiger partial charge in [0, 0.05) is 12.2 Å². The second kappa shape index (κ2) is 6.65. The summed E-state index contributed by atoms with van der Waals surface area (Å²) in [5.41, 5.74) is 2.48. The first-order valence-corrected chi connectivity index (χ1v) is 7.31. The smallest absolute Gasteiger partial charge is 0.120 e. The zero-order valence-electron chi connectivity index (χ0n) is 12.3. The largest absolute Gasteiger partial charge is 0.491 e. The van der Waals surface area contributed by atoms with E-state index in [1.54, 1.807) is 0 Å². The van der Waals surface area contributed by atoms with E-state index < -0.39 is 0 Å². The van der Waals surface area contributed by atoms with Crippen molar-refractivity contribution in [2.45, 2.75) is 46.1 Å². The molecule has 0 aromatic heterocycles. The van der Waals surface area contributed by atoms with Crippen LogP contribution in [0.1, 0.15) is 38.7 Å². The Labute approximate surface area is 116 Å². The highest BCUT2D eigenvalue weighted by Gasteiger charge is 2.10. The Morgan fingerprint density at radius 1 is 1.32 bits per heavy atom. The second-order valence-corrected chi connectivity index (χ2v) is 5.67. The molecule has 0 aliphatic heterocycles. The zero-order valence-corrected chi connectivity index (χ0v) is 12.3. The fraction of sp³-hybridized carbons (Fsp3) is 0.529. The van der Waals surface area contributed by atoms with E-state index in [-0.39, 0.29) is 6.10 Å². The quantitative estimate of drug-likeness (QED) is 0.783. The molecule has 2 rings (SSSR count). The highest BCUT2D eigenvalue weighted by molar-refractivity contribution is 5.53. The van der Waals surface area contributed by atoms with Gasteiger partial charge in [-0.15, -0.1) is 0 Å². The SMILES string of the molecule is Cc1cc(OC(C)C)ccc1NCC1CC=CCC1. The molecular weight excluding hydrogens is 234 g/mol. The summed E-state index contributed by atoms with van der Waals surface area (Å²) < 4.78 is 5.71. The van der Waals surface area contributed by atoms with Gasteiger partial charge in [-0.25, -0.2) is 0 Å². The van der Waals surface area contributed by atoms with Crippen LogP contribution in [0.15, 0.2) is 30.4 Å². The van der Waals surface area contributed by atoms with E-state index in [0.717, 1.165) is 18.2 Å². The Hall–Kier alpha value is -1.44. The number of nitrogens with one attached hydrogen (secondary N) is 1. The first-order chi connectivity index (χ1) is 9.15. The van der Waals surface area contributed by atoms with Crippen LogP contribution in [0.5, 0.6) is 5.75 Å². The summed E-state index contributed by atoms with van der Waals surface area (Å²) in [7, 11) is 0. The normalized spacial score (nSPS) is 18.6. The average Bonchev–Trinajstić information content (AvgIpc) is 2.38. The lowest BCUT2D eigenvalue weighted by Gasteiger charge is -2.20. The number of hydrogen-bond acceptors (Lipinski definition) is 2. The summed E-state index contributed by atoms with van der Waals surface area (Å²) in [5, 5.41) is 3.57. The highest BCUT2D eigenvalue weighted by Crippen LogP contribution is 2.24. The van der Waals surface area contributed by atoms with Gasteiger partial charge < -0.3 is 10.1 Å². The number of hydrogen-bond donors (Lipinski definition) is 1. The minimum absolute atomic E-state index is 0.229. The Balaban J connectivity index is 1.91. The molecule has 1 aromatic carbocycles. The van der Waals surface area contributed by atoms with Crippen LogP contribution in [0.2, 0.25) is 0 Å². The van der Waals surface area contributed by atoms with Crippen molar-refractivity contribution in [3.05, 3.63) is 35.9 Å². The molecule has 0 fully saturated rings. The van der Waals surface area contributed by atoms with Crippen LogP contribution in [0.4, 0.5) is 5.69 Å². The molecule has 1 aliphatic carbocycles. The third kappa shape index (κ3) is 4.30. The van der Waals surface area contributed by atoms with Crippen LogP contribution in [-0.2, 0) is 0 Å². The number of aryl methyl sites for hydroxylation is 1. The lowest BCUT2D eigenvalue weighted by atomic mass is 9.94. The van der Waals surface area contributed by atoms with Crippen LogP contribution < -0.4 is 10.1 Å². The average molecular weight is 259 g/mol. The minimum Gasteiger partial charge on any atom is -0.491 e. The fourth-order valence-corrected chi connectivity index (χ4v) is 2.48. The molecule has 2 nitrogen and oxygen atoms in total. The molecule has 0 radical (unpaired) electrons. The van der Waals surface area contributed by atoms with Crippen LogP contribution >= 0.6 is 0 Å². The van der Waals surface area contributed by atoms with Gasteiger partial charge in [-0.1, -0.05) is 12.2 Å². The highest BCUT2D eigenvalue weighted by atomic mass is 16.5. The van der Waals surface area contributed by atoms with Gasteiger partial charge in [0.2, 0.25) is 0 Å². The molecule has 104 valence electrons. The molecule has 1 N–H and O–H groups in total. The number of benzene rings is 1. The van der Waals surface area contributed by atoms with Crippen LogP contribution in [-0.4, -0.2) is 12.6 Å². The molecule has 1 aromatic rings.